The van der Waals surface area contributed by atoms with Crippen LogP contribution in [0.15, 0.2) is 46.4 Å². The van der Waals surface area contributed by atoms with Gasteiger partial charge in [0.25, 0.3) is 5.91 Å². The first-order chi connectivity index (χ1) is 14.2. The summed E-state index contributed by atoms with van der Waals surface area (Å²) in [6.07, 6.45) is 2.40. The molecule has 0 unspecified atom stereocenters. The minimum atomic E-state index is -0.510. The molecule has 0 aliphatic carbocycles. The number of carbonyl (C=O) groups is 2. The number of amides is 2. The summed E-state index contributed by atoms with van der Waals surface area (Å²) >= 11 is 1.30. The molecular weight excluding hydrogens is 400 g/mol. The summed E-state index contributed by atoms with van der Waals surface area (Å²) in [6.45, 7) is 9.61. The average molecular weight is 427 g/mol. The number of nitrogens with one attached hydrogen (secondary N) is 4. The maximum Gasteiger partial charge on any atom is 0.254 e. The molecule has 1 aromatic heterocycles. The normalized spacial score (nSPS) is 11.5. The molecular formula is C21H26N6O2S. The zero-order chi connectivity index (χ0) is 22.1. The summed E-state index contributed by atoms with van der Waals surface area (Å²) in [7, 11) is 0. The lowest BCUT2D eigenvalue weighted by Gasteiger charge is -2.19. The smallest absolute Gasteiger partial charge is 0.254 e. The topological polar surface area (TPSA) is 119 Å². The van der Waals surface area contributed by atoms with E-state index in [2.05, 4.69) is 32.6 Å². The van der Waals surface area contributed by atoms with Gasteiger partial charge in [-0.3, -0.25) is 14.6 Å². The third-order valence-corrected chi connectivity index (χ3v) is 4.51. The van der Waals surface area contributed by atoms with E-state index in [1.165, 1.54) is 17.5 Å². The van der Waals surface area contributed by atoms with Gasteiger partial charge in [-0.2, -0.15) is 0 Å². The number of hydrogen-bond donors (Lipinski definition) is 4. The monoisotopic (exact) mass is 426 g/mol. The van der Waals surface area contributed by atoms with Crippen molar-refractivity contribution in [1.82, 2.24) is 15.6 Å². The Balaban J connectivity index is 1.93. The van der Waals surface area contributed by atoms with E-state index in [-0.39, 0.29) is 17.7 Å². The van der Waals surface area contributed by atoms with Gasteiger partial charge in [-0.05, 0) is 39.1 Å². The van der Waals surface area contributed by atoms with Crippen molar-refractivity contribution in [3.63, 3.8) is 0 Å². The van der Waals surface area contributed by atoms with Crippen LogP contribution in [0, 0.1) is 5.41 Å². The highest BCUT2D eigenvalue weighted by molar-refractivity contribution is 7.14. The van der Waals surface area contributed by atoms with Gasteiger partial charge in [0.2, 0.25) is 5.91 Å². The fourth-order valence-electron chi connectivity index (χ4n) is 2.31. The molecule has 2 rings (SSSR count). The summed E-state index contributed by atoms with van der Waals surface area (Å²) in [6, 6.07) is 7.80. The first-order valence-corrected chi connectivity index (χ1v) is 10.1. The highest BCUT2D eigenvalue weighted by Crippen LogP contribution is 2.25. The van der Waals surface area contributed by atoms with E-state index in [4.69, 9.17) is 5.41 Å². The highest BCUT2D eigenvalue weighted by Gasteiger charge is 2.13. The molecule has 2 aromatic rings. The molecule has 0 radical (unpaired) electrons. The third-order valence-electron chi connectivity index (χ3n) is 3.76. The van der Waals surface area contributed by atoms with E-state index >= 15 is 0 Å². The second kappa shape index (κ2) is 10.4. The van der Waals surface area contributed by atoms with Gasteiger partial charge in [0, 0.05) is 28.9 Å². The zero-order valence-electron chi connectivity index (χ0n) is 17.3. The predicted octanol–water partition coefficient (Wildman–Crippen LogP) is 2.99. The Morgan fingerprint density at radius 3 is 2.77 bits per heavy atom. The van der Waals surface area contributed by atoms with Gasteiger partial charge in [0.1, 0.15) is 0 Å². The molecule has 0 bridgehead atoms. The van der Waals surface area contributed by atoms with Crippen LogP contribution in [-0.2, 0) is 16.1 Å². The lowest BCUT2D eigenvalue weighted by Crippen LogP contribution is -2.36. The number of nitrogens with zero attached hydrogens (tertiary/aromatic N) is 2. The molecule has 0 saturated carbocycles. The Labute approximate surface area is 180 Å². The Morgan fingerprint density at radius 1 is 1.33 bits per heavy atom. The number of thiazole rings is 1. The van der Waals surface area contributed by atoms with Crippen LogP contribution in [0.5, 0.6) is 0 Å². The van der Waals surface area contributed by atoms with Gasteiger partial charge in [-0.25, -0.2) is 4.98 Å². The quantitative estimate of drug-likeness (QED) is 0.364. The van der Waals surface area contributed by atoms with E-state index in [0.29, 0.717) is 11.7 Å². The van der Waals surface area contributed by atoms with Crippen LogP contribution in [0.3, 0.4) is 0 Å². The fourth-order valence-corrected chi connectivity index (χ4v) is 3.05. The third kappa shape index (κ3) is 7.25. The van der Waals surface area contributed by atoms with Gasteiger partial charge in [0.05, 0.1) is 24.4 Å². The molecule has 158 valence electrons. The van der Waals surface area contributed by atoms with Crippen molar-refractivity contribution < 1.29 is 9.59 Å². The molecule has 0 atom stereocenters. The summed E-state index contributed by atoms with van der Waals surface area (Å²) in [4.78, 5) is 32.6. The second-order valence-electron chi connectivity index (χ2n) is 7.49. The molecule has 30 heavy (non-hydrogen) atoms. The average Bonchev–Trinajstić information content (AvgIpc) is 3.15. The van der Waals surface area contributed by atoms with Crippen molar-refractivity contribution in [3.8, 4) is 11.3 Å². The van der Waals surface area contributed by atoms with E-state index in [9.17, 15) is 9.59 Å². The molecule has 0 aliphatic heterocycles. The minimum absolute atomic E-state index is 0.128. The molecule has 9 heteroatoms. The Morgan fingerprint density at radius 2 is 2.10 bits per heavy atom. The van der Waals surface area contributed by atoms with Gasteiger partial charge in [0.15, 0.2) is 5.13 Å². The number of aliphatic imine (C=N–C) groups is 1. The lowest BCUT2D eigenvalue weighted by molar-refractivity contribution is -0.121. The van der Waals surface area contributed by atoms with Crippen molar-refractivity contribution in [2.24, 2.45) is 4.99 Å². The number of aromatic nitrogens is 1. The highest BCUT2D eigenvalue weighted by atomic mass is 32.1. The van der Waals surface area contributed by atoms with Gasteiger partial charge >= 0.3 is 0 Å². The van der Waals surface area contributed by atoms with E-state index < -0.39 is 11.8 Å². The largest absolute Gasteiger partial charge is 0.386 e. The lowest BCUT2D eigenvalue weighted by atomic mass is 10.1. The van der Waals surface area contributed by atoms with Crippen LogP contribution >= 0.6 is 11.3 Å². The summed E-state index contributed by atoms with van der Waals surface area (Å²) in [5.41, 5.74) is 2.58. The molecule has 1 heterocycles. The van der Waals surface area contributed by atoms with Crippen molar-refractivity contribution in [1.29, 1.82) is 5.41 Å². The van der Waals surface area contributed by atoms with Crippen LogP contribution in [-0.4, -0.2) is 41.8 Å². The van der Waals surface area contributed by atoms with Crippen LogP contribution in [0.2, 0.25) is 0 Å². The molecule has 0 fully saturated rings. The molecule has 2 amide bonds. The molecule has 1 aromatic carbocycles. The molecule has 0 saturated heterocycles. The summed E-state index contributed by atoms with van der Waals surface area (Å²) in [5.74, 6) is -0.911. The molecule has 0 spiro atoms. The van der Waals surface area contributed by atoms with E-state index in [1.54, 1.807) is 0 Å². The van der Waals surface area contributed by atoms with Crippen molar-refractivity contribution >= 4 is 41.2 Å². The SMILES string of the molecule is C=NCc1cccc(-c2csc(NC(=O)CNC(=O)/C(C=N)=C/NC(C)(C)C)n2)c1. The van der Waals surface area contributed by atoms with Crippen molar-refractivity contribution in [2.75, 3.05) is 11.9 Å². The van der Waals surface area contributed by atoms with Crippen LogP contribution in [0.25, 0.3) is 11.3 Å². The fraction of sp³-hybridized carbons (Fsp3) is 0.286. The standard InChI is InChI=1S/C21H26N6O2S/c1-21(2,3)25-11-16(9-22)19(29)24-12-18(28)27-20-26-17(13-30-20)15-7-5-6-14(8-15)10-23-4/h5-9,11,13,22,25H,4,10,12H2,1-3H3,(H,24,29)(H,26,27,28)/b16-11+,22-9?. The van der Waals surface area contributed by atoms with E-state index in [1.807, 2.05) is 50.4 Å². The predicted molar refractivity (Wildman–Crippen MR) is 122 cm³/mol. The van der Waals surface area contributed by atoms with Crippen molar-refractivity contribution in [3.05, 3.63) is 47.0 Å². The van der Waals surface area contributed by atoms with Crippen LogP contribution in [0.4, 0.5) is 5.13 Å². The maximum atomic E-state index is 12.2. The Hall–Kier alpha value is -3.33. The van der Waals surface area contributed by atoms with Gasteiger partial charge in [-0.15, -0.1) is 11.3 Å². The summed E-state index contributed by atoms with van der Waals surface area (Å²) in [5, 5.41) is 17.9. The molecule has 0 aliphatic rings. The number of benzene rings is 1. The number of rotatable bonds is 9. The second-order valence-corrected chi connectivity index (χ2v) is 8.35. The van der Waals surface area contributed by atoms with Crippen LogP contribution < -0.4 is 16.0 Å². The van der Waals surface area contributed by atoms with Gasteiger partial charge in [-0.1, -0.05) is 18.2 Å². The van der Waals surface area contributed by atoms with Crippen molar-refractivity contribution in [2.45, 2.75) is 32.9 Å². The van der Waals surface area contributed by atoms with Crippen LogP contribution in [0.1, 0.15) is 26.3 Å². The van der Waals surface area contributed by atoms with Gasteiger partial charge < -0.3 is 21.4 Å². The number of carbonyl (C=O) groups excluding carboxylic acids is 2. The first-order valence-electron chi connectivity index (χ1n) is 9.25. The number of anilines is 1. The first kappa shape index (κ1) is 23.0. The molecule has 8 nitrogen and oxygen atoms in total. The van der Waals surface area contributed by atoms with E-state index in [0.717, 1.165) is 23.0 Å². The Kier molecular flexibility index (Phi) is 7.99. The maximum absolute atomic E-state index is 12.2. The number of hydrogen-bond acceptors (Lipinski definition) is 7. The summed E-state index contributed by atoms with van der Waals surface area (Å²) < 4.78 is 0. The minimum Gasteiger partial charge on any atom is -0.386 e. The Bertz CT molecular complexity index is 958. The molecule has 4 N–H and O–H groups in total. The zero-order valence-corrected chi connectivity index (χ0v) is 18.1.